The summed E-state index contributed by atoms with van der Waals surface area (Å²) in [4.78, 5) is 34.3. The van der Waals surface area contributed by atoms with Gasteiger partial charge in [-0.1, -0.05) is 36.4 Å². The Morgan fingerprint density at radius 3 is 2.28 bits per heavy atom. The van der Waals surface area contributed by atoms with Crippen molar-refractivity contribution in [2.75, 3.05) is 0 Å². The summed E-state index contributed by atoms with van der Waals surface area (Å²) < 4.78 is 0. The number of aryl methyl sites for hydroxylation is 1. The number of Topliss-reactive ketones (excluding diaryl/α,β-unsaturated/α-hetero) is 1. The van der Waals surface area contributed by atoms with Crippen LogP contribution in [0.3, 0.4) is 0 Å². The maximum absolute atomic E-state index is 13.4. The van der Waals surface area contributed by atoms with Gasteiger partial charge in [-0.2, -0.15) is 0 Å². The summed E-state index contributed by atoms with van der Waals surface area (Å²) in [5, 5.41) is 24.4. The summed E-state index contributed by atoms with van der Waals surface area (Å²) >= 11 is 0. The van der Waals surface area contributed by atoms with Crippen molar-refractivity contribution in [1.29, 1.82) is 0 Å². The van der Waals surface area contributed by atoms with Crippen molar-refractivity contribution in [3.63, 3.8) is 0 Å². The van der Waals surface area contributed by atoms with Gasteiger partial charge in [-0.25, -0.2) is 0 Å². The van der Waals surface area contributed by atoms with E-state index < -0.39 is 32.5 Å². The van der Waals surface area contributed by atoms with Gasteiger partial charge in [-0.05, 0) is 41.2 Å². The van der Waals surface area contributed by atoms with Gasteiger partial charge < -0.3 is 5.73 Å². The molecule has 0 saturated carbocycles. The summed E-state index contributed by atoms with van der Waals surface area (Å²) in [6, 6.07) is 14.5. The van der Waals surface area contributed by atoms with Crippen LogP contribution in [0, 0.1) is 20.2 Å². The summed E-state index contributed by atoms with van der Waals surface area (Å²) in [6.45, 7) is 0. The molecule has 0 bridgehead atoms. The van der Waals surface area contributed by atoms with Gasteiger partial charge in [0, 0.05) is 17.7 Å². The summed E-state index contributed by atoms with van der Waals surface area (Å²) in [5.41, 5.74) is 5.69. The molecule has 4 rings (SSSR count). The van der Waals surface area contributed by atoms with Crippen LogP contribution in [-0.2, 0) is 12.0 Å². The van der Waals surface area contributed by atoms with Crippen LogP contribution in [0.4, 0.5) is 11.4 Å². The highest BCUT2D eigenvalue weighted by Crippen LogP contribution is 2.40. The molecule has 0 saturated heterocycles. The fourth-order valence-corrected chi connectivity index (χ4v) is 4.13. The number of carbonyl (C=O) groups is 1. The Kier molecular flexibility index (Phi) is 4.35. The predicted octanol–water partition coefficient (Wildman–Crippen LogP) is 4.03. The lowest BCUT2D eigenvalue weighted by Gasteiger charge is -2.35. The fourth-order valence-electron chi connectivity index (χ4n) is 4.13. The number of hydrogen-bond acceptors (Lipinski definition) is 6. The zero-order chi connectivity index (χ0) is 20.8. The van der Waals surface area contributed by atoms with E-state index in [0.717, 1.165) is 41.0 Å². The minimum atomic E-state index is -1.40. The first-order chi connectivity index (χ1) is 13.8. The van der Waals surface area contributed by atoms with E-state index in [4.69, 9.17) is 5.73 Å². The average Bonchev–Trinajstić information content (AvgIpc) is 2.72. The lowest BCUT2D eigenvalue weighted by Crippen LogP contribution is -2.47. The van der Waals surface area contributed by atoms with E-state index in [9.17, 15) is 25.0 Å². The first kappa shape index (κ1) is 18.7. The van der Waals surface area contributed by atoms with Crippen LogP contribution < -0.4 is 5.73 Å². The Bertz CT molecular complexity index is 1160. The molecule has 0 amide bonds. The molecule has 0 heterocycles. The van der Waals surface area contributed by atoms with Gasteiger partial charge in [0.1, 0.15) is 5.54 Å². The highest BCUT2D eigenvalue weighted by Gasteiger charge is 2.41. The molecule has 0 spiro atoms. The van der Waals surface area contributed by atoms with E-state index in [1.54, 1.807) is 0 Å². The second-order valence-electron chi connectivity index (χ2n) is 7.22. The highest BCUT2D eigenvalue weighted by molar-refractivity contribution is 6.05. The monoisotopic (exact) mass is 391 g/mol. The van der Waals surface area contributed by atoms with Crippen LogP contribution in [0.1, 0.15) is 34.3 Å². The normalized spacial score (nSPS) is 18.2. The molecule has 1 aliphatic rings. The maximum Gasteiger partial charge on any atom is 0.277 e. The largest absolute Gasteiger partial charge is 0.315 e. The first-order valence-electron chi connectivity index (χ1n) is 9.10. The van der Waals surface area contributed by atoms with Gasteiger partial charge in [0.15, 0.2) is 5.78 Å². The number of fused-ring (bicyclic) bond motifs is 3. The van der Waals surface area contributed by atoms with Crippen LogP contribution in [0.5, 0.6) is 0 Å². The zero-order valence-electron chi connectivity index (χ0n) is 15.3. The first-order valence-corrected chi connectivity index (χ1v) is 9.10. The lowest BCUT2D eigenvalue weighted by molar-refractivity contribution is -0.394. The van der Waals surface area contributed by atoms with Crippen molar-refractivity contribution >= 4 is 27.9 Å². The molecule has 29 heavy (non-hydrogen) atoms. The molecule has 0 fully saturated rings. The van der Waals surface area contributed by atoms with Crippen molar-refractivity contribution in [2.45, 2.75) is 24.8 Å². The van der Waals surface area contributed by atoms with E-state index in [2.05, 4.69) is 0 Å². The van der Waals surface area contributed by atoms with Gasteiger partial charge in [0.25, 0.3) is 11.4 Å². The van der Waals surface area contributed by atoms with Crippen molar-refractivity contribution in [2.24, 2.45) is 5.73 Å². The number of nitro benzene ring substituents is 2. The molecule has 146 valence electrons. The van der Waals surface area contributed by atoms with Gasteiger partial charge in [0.2, 0.25) is 0 Å². The van der Waals surface area contributed by atoms with Gasteiger partial charge in [-0.3, -0.25) is 25.0 Å². The number of benzene rings is 3. The minimum Gasteiger partial charge on any atom is -0.315 e. The number of hydrogen-bond donors (Lipinski definition) is 1. The standard InChI is InChI=1S/C21H17N3O5/c22-21(20(25)14-10-15(23(26)27)12-16(11-14)24(28)29)9-3-6-18-17-5-2-1-4-13(17)7-8-19(18)21/h1-2,4-5,7-8,10-12H,3,6,9,22H2. The Balaban J connectivity index is 1.88. The predicted molar refractivity (Wildman–Crippen MR) is 107 cm³/mol. The number of nitrogens with zero attached hydrogens (tertiary/aromatic N) is 2. The third-order valence-electron chi connectivity index (χ3n) is 5.51. The van der Waals surface area contributed by atoms with Crippen molar-refractivity contribution < 1.29 is 14.6 Å². The highest BCUT2D eigenvalue weighted by atomic mass is 16.6. The van der Waals surface area contributed by atoms with Crippen molar-refractivity contribution in [3.8, 4) is 0 Å². The Morgan fingerprint density at radius 1 is 0.966 bits per heavy atom. The van der Waals surface area contributed by atoms with Crippen molar-refractivity contribution in [3.05, 3.63) is 91.5 Å². The number of non-ortho nitro benzene ring substituents is 2. The molecular weight excluding hydrogens is 374 g/mol. The van der Waals surface area contributed by atoms with Crippen LogP contribution >= 0.6 is 0 Å². The number of nitrogens with two attached hydrogens (primary N) is 1. The van der Waals surface area contributed by atoms with Crippen LogP contribution in [0.15, 0.2) is 54.6 Å². The van der Waals surface area contributed by atoms with Gasteiger partial charge >= 0.3 is 0 Å². The molecule has 3 aromatic rings. The third kappa shape index (κ3) is 3.03. The number of carbonyl (C=O) groups excluding carboxylic acids is 1. The molecule has 8 heteroatoms. The number of ketones is 1. The molecule has 1 aliphatic carbocycles. The van der Waals surface area contributed by atoms with E-state index >= 15 is 0 Å². The molecular formula is C21H17N3O5. The van der Waals surface area contributed by atoms with Gasteiger partial charge in [-0.15, -0.1) is 0 Å². The number of nitro groups is 2. The van der Waals surface area contributed by atoms with E-state index in [1.165, 1.54) is 0 Å². The molecule has 1 unspecified atom stereocenters. The molecule has 2 N–H and O–H groups in total. The average molecular weight is 391 g/mol. The van der Waals surface area contributed by atoms with E-state index in [1.807, 2.05) is 36.4 Å². The quantitative estimate of drug-likeness (QED) is 0.406. The fraction of sp³-hybridized carbons (Fsp3) is 0.190. The number of rotatable bonds is 4. The summed E-state index contributed by atoms with van der Waals surface area (Å²) in [7, 11) is 0. The zero-order valence-corrected chi connectivity index (χ0v) is 15.3. The topological polar surface area (TPSA) is 129 Å². The summed E-state index contributed by atoms with van der Waals surface area (Å²) in [5.74, 6) is -0.555. The van der Waals surface area contributed by atoms with Gasteiger partial charge in [0.05, 0.1) is 15.9 Å². The van der Waals surface area contributed by atoms with E-state index in [-0.39, 0.29) is 5.56 Å². The maximum atomic E-state index is 13.4. The molecule has 3 aromatic carbocycles. The molecule has 1 atom stereocenters. The smallest absolute Gasteiger partial charge is 0.277 e. The van der Waals surface area contributed by atoms with Crippen LogP contribution in [0.25, 0.3) is 10.8 Å². The van der Waals surface area contributed by atoms with E-state index in [0.29, 0.717) is 18.4 Å². The Hall–Kier alpha value is -3.65. The van der Waals surface area contributed by atoms with Crippen molar-refractivity contribution in [1.82, 2.24) is 0 Å². The third-order valence-corrected chi connectivity index (χ3v) is 5.51. The molecule has 8 nitrogen and oxygen atoms in total. The Labute approximate surface area is 165 Å². The van der Waals surface area contributed by atoms with Crippen LogP contribution in [0.2, 0.25) is 0 Å². The molecule has 0 aliphatic heterocycles. The SMILES string of the molecule is NC1(C(=O)c2cc([N+](=O)[O-])cc([N+](=O)[O-])c2)CCCc2c1ccc1ccccc21. The second-order valence-corrected chi connectivity index (χ2v) is 7.22. The molecule has 0 radical (unpaired) electrons. The summed E-state index contributed by atoms with van der Waals surface area (Å²) in [6.07, 6.45) is 1.78. The van der Waals surface area contributed by atoms with Crippen LogP contribution in [-0.4, -0.2) is 15.6 Å². The lowest BCUT2D eigenvalue weighted by atomic mass is 9.72. The minimum absolute atomic E-state index is 0.130. The molecule has 0 aromatic heterocycles. The Morgan fingerprint density at radius 2 is 1.62 bits per heavy atom. The second kappa shape index (κ2) is 6.75.